The molecule has 1 aliphatic rings. The van der Waals surface area contributed by atoms with Crippen molar-refractivity contribution in [2.45, 2.75) is 32.4 Å². The zero-order valence-corrected chi connectivity index (χ0v) is 16.7. The van der Waals surface area contributed by atoms with Crippen molar-refractivity contribution in [1.82, 2.24) is 0 Å². The molecule has 6 nitrogen and oxygen atoms in total. The predicted molar refractivity (Wildman–Crippen MR) is 107 cm³/mol. The van der Waals surface area contributed by atoms with Crippen LogP contribution in [0.15, 0.2) is 48.5 Å². The van der Waals surface area contributed by atoms with Crippen molar-refractivity contribution in [1.29, 1.82) is 0 Å². The number of hydrogen-bond donors (Lipinski definition) is 0. The van der Waals surface area contributed by atoms with Crippen LogP contribution in [0, 0.1) is 0 Å². The van der Waals surface area contributed by atoms with Gasteiger partial charge in [0, 0.05) is 18.8 Å². The van der Waals surface area contributed by atoms with Crippen LogP contribution in [0.3, 0.4) is 0 Å². The van der Waals surface area contributed by atoms with Crippen LogP contribution in [-0.4, -0.2) is 39.8 Å². The van der Waals surface area contributed by atoms with Gasteiger partial charge in [0.05, 0.1) is 11.9 Å². The molecule has 27 heavy (non-hydrogen) atoms. The van der Waals surface area contributed by atoms with E-state index in [9.17, 15) is 13.2 Å². The summed E-state index contributed by atoms with van der Waals surface area (Å²) in [6, 6.07) is 14.6. The molecule has 7 heteroatoms. The minimum atomic E-state index is -3.32. The molecule has 0 bridgehead atoms. The molecular weight excluding hydrogens is 364 g/mol. The van der Waals surface area contributed by atoms with Crippen LogP contribution < -0.4 is 13.9 Å². The Morgan fingerprint density at radius 3 is 2.44 bits per heavy atom. The summed E-state index contributed by atoms with van der Waals surface area (Å²) >= 11 is 0. The molecule has 2 aromatic rings. The number of rotatable bonds is 5. The zero-order valence-electron chi connectivity index (χ0n) is 15.9. The first-order valence-electron chi connectivity index (χ1n) is 8.80. The number of para-hydroxylation sites is 1. The van der Waals surface area contributed by atoms with E-state index in [1.54, 1.807) is 36.1 Å². The van der Waals surface area contributed by atoms with Crippen molar-refractivity contribution in [3.63, 3.8) is 0 Å². The van der Waals surface area contributed by atoms with E-state index in [4.69, 9.17) is 4.74 Å². The average molecular weight is 388 g/mol. The van der Waals surface area contributed by atoms with Gasteiger partial charge in [-0.1, -0.05) is 18.2 Å². The van der Waals surface area contributed by atoms with Crippen LogP contribution in [0.5, 0.6) is 5.75 Å². The summed E-state index contributed by atoms with van der Waals surface area (Å²) in [6.45, 7) is 3.76. The average Bonchev–Trinajstić information content (AvgIpc) is 2.96. The van der Waals surface area contributed by atoms with Gasteiger partial charge in [0.2, 0.25) is 10.0 Å². The molecule has 1 heterocycles. The maximum absolute atomic E-state index is 12.9. The number of amides is 1. The summed E-state index contributed by atoms with van der Waals surface area (Å²) in [5, 5.41) is 0. The normalized spacial score (nSPS) is 17.3. The van der Waals surface area contributed by atoms with E-state index in [2.05, 4.69) is 0 Å². The topological polar surface area (TPSA) is 66.9 Å². The van der Waals surface area contributed by atoms with Gasteiger partial charge in [0.15, 0.2) is 6.10 Å². The van der Waals surface area contributed by atoms with Crippen molar-refractivity contribution in [3.05, 3.63) is 54.1 Å². The van der Waals surface area contributed by atoms with Gasteiger partial charge in [-0.3, -0.25) is 9.10 Å². The molecule has 0 fully saturated rings. The highest BCUT2D eigenvalue weighted by Gasteiger charge is 2.33. The second-order valence-electron chi connectivity index (χ2n) is 6.87. The standard InChI is InChI=1S/C20H24N2O4S/c1-14-13-16-7-5-6-8-19(16)22(14)20(23)15(2)26-18-11-9-17(10-12-18)21(3)27(4,24)25/h5-12,14-15H,13H2,1-4H3. The number of carbonyl (C=O) groups excluding carboxylic acids is 1. The molecule has 0 saturated carbocycles. The second kappa shape index (κ2) is 7.23. The van der Waals surface area contributed by atoms with E-state index in [1.807, 2.05) is 31.2 Å². The molecule has 0 radical (unpaired) electrons. The van der Waals surface area contributed by atoms with Gasteiger partial charge in [-0.15, -0.1) is 0 Å². The van der Waals surface area contributed by atoms with Crippen LogP contribution in [0.2, 0.25) is 0 Å². The smallest absolute Gasteiger partial charge is 0.268 e. The fourth-order valence-corrected chi connectivity index (χ4v) is 3.78. The Morgan fingerprint density at radius 2 is 1.81 bits per heavy atom. The molecule has 0 saturated heterocycles. The second-order valence-corrected chi connectivity index (χ2v) is 8.89. The lowest BCUT2D eigenvalue weighted by Crippen LogP contribution is -2.43. The summed E-state index contributed by atoms with van der Waals surface area (Å²) in [5.41, 5.74) is 2.64. The van der Waals surface area contributed by atoms with Gasteiger partial charge in [0.25, 0.3) is 5.91 Å². The molecular formula is C20H24N2O4S. The number of anilines is 2. The Kier molecular flexibility index (Phi) is 5.15. The molecule has 1 amide bonds. The fourth-order valence-electron chi connectivity index (χ4n) is 3.28. The van der Waals surface area contributed by atoms with Crippen molar-refractivity contribution in [2.75, 3.05) is 22.5 Å². The van der Waals surface area contributed by atoms with Gasteiger partial charge >= 0.3 is 0 Å². The van der Waals surface area contributed by atoms with Crippen molar-refractivity contribution in [2.24, 2.45) is 0 Å². The fraction of sp³-hybridized carbons (Fsp3) is 0.350. The van der Waals surface area contributed by atoms with Crippen molar-refractivity contribution in [3.8, 4) is 5.75 Å². The molecule has 3 rings (SSSR count). The first-order valence-corrected chi connectivity index (χ1v) is 10.6. The number of carbonyl (C=O) groups is 1. The summed E-state index contributed by atoms with van der Waals surface area (Å²) in [6.07, 6.45) is 1.33. The van der Waals surface area contributed by atoms with Crippen LogP contribution in [0.25, 0.3) is 0 Å². The molecule has 0 aromatic heterocycles. The largest absolute Gasteiger partial charge is 0.481 e. The number of sulfonamides is 1. The Labute approximate surface area is 160 Å². The minimum Gasteiger partial charge on any atom is -0.481 e. The Hall–Kier alpha value is -2.54. The molecule has 2 atom stereocenters. The van der Waals surface area contributed by atoms with E-state index in [0.29, 0.717) is 11.4 Å². The third-order valence-corrected chi connectivity index (χ3v) is 6.01. The Bertz CT molecular complexity index is 941. The van der Waals surface area contributed by atoms with E-state index < -0.39 is 16.1 Å². The first-order chi connectivity index (χ1) is 12.7. The predicted octanol–water partition coefficient (Wildman–Crippen LogP) is 2.83. The number of benzene rings is 2. The number of ether oxygens (including phenoxy) is 1. The number of nitrogens with zero attached hydrogens (tertiary/aromatic N) is 2. The van der Waals surface area contributed by atoms with Crippen molar-refractivity contribution < 1.29 is 17.9 Å². The molecule has 2 aromatic carbocycles. The summed E-state index contributed by atoms with van der Waals surface area (Å²) < 4.78 is 30.2. The Balaban J connectivity index is 1.72. The SMILES string of the molecule is CC(Oc1ccc(N(C)S(C)(=O)=O)cc1)C(=O)N1c2ccccc2CC1C. The van der Waals surface area contributed by atoms with E-state index in [0.717, 1.165) is 18.4 Å². The highest BCUT2D eigenvalue weighted by Crippen LogP contribution is 2.32. The van der Waals surface area contributed by atoms with Gasteiger partial charge in [-0.2, -0.15) is 0 Å². The summed E-state index contributed by atoms with van der Waals surface area (Å²) in [5.74, 6) is 0.423. The maximum atomic E-state index is 12.9. The number of hydrogen-bond acceptors (Lipinski definition) is 4. The van der Waals surface area contributed by atoms with E-state index in [-0.39, 0.29) is 11.9 Å². The van der Waals surface area contributed by atoms with Gasteiger partial charge in [-0.05, 0) is 56.2 Å². The highest BCUT2D eigenvalue weighted by atomic mass is 32.2. The third-order valence-electron chi connectivity index (χ3n) is 4.80. The molecule has 0 aliphatic carbocycles. The first kappa shape index (κ1) is 19.2. The molecule has 0 N–H and O–H groups in total. The lowest BCUT2D eigenvalue weighted by atomic mass is 10.1. The molecule has 1 aliphatic heterocycles. The van der Waals surface area contributed by atoms with Crippen LogP contribution in [0.1, 0.15) is 19.4 Å². The Morgan fingerprint density at radius 1 is 1.19 bits per heavy atom. The maximum Gasteiger partial charge on any atom is 0.268 e. The van der Waals surface area contributed by atoms with Gasteiger partial charge in [0.1, 0.15) is 5.75 Å². The third kappa shape index (κ3) is 3.93. The van der Waals surface area contributed by atoms with Crippen LogP contribution in [0.4, 0.5) is 11.4 Å². The van der Waals surface area contributed by atoms with Crippen molar-refractivity contribution >= 4 is 27.3 Å². The molecule has 2 unspecified atom stereocenters. The minimum absolute atomic E-state index is 0.0896. The number of fused-ring (bicyclic) bond motifs is 1. The zero-order chi connectivity index (χ0) is 19.8. The van der Waals surface area contributed by atoms with Gasteiger partial charge < -0.3 is 9.64 Å². The molecule has 0 spiro atoms. The molecule has 144 valence electrons. The highest BCUT2D eigenvalue weighted by molar-refractivity contribution is 7.92. The summed E-state index contributed by atoms with van der Waals surface area (Å²) in [4.78, 5) is 14.7. The lowest BCUT2D eigenvalue weighted by molar-refractivity contribution is -0.124. The quantitative estimate of drug-likeness (QED) is 0.790. The van der Waals surface area contributed by atoms with Crippen LogP contribution in [-0.2, 0) is 21.2 Å². The van der Waals surface area contributed by atoms with Gasteiger partial charge in [-0.25, -0.2) is 8.42 Å². The van der Waals surface area contributed by atoms with Crippen LogP contribution >= 0.6 is 0 Å². The monoisotopic (exact) mass is 388 g/mol. The van der Waals surface area contributed by atoms with E-state index >= 15 is 0 Å². The summed E-state index contributed by atoms with van der Waals surface area (Å²) in [7, 11) is -1.83. The van der Waals surface area contributed by atoms with E-state index in [1.165, 1.54) is 16.9 Å². The lowest BCUT2D eigenvalue weighted by Gasteiger charge is -2.26.